The molecule has 32 heavy (non-hydrogen) atoms. The fourth-order valence-corrected chi connectivity index (χ4v) is 4.16. The van der Waals surface area contributed by atoms with Crippen molar-refractivity contribution in [3.8, 4) is 11.5 Å². The maximum atomic E-state index is 13.8. The van der Waals surface area contributed by atoms with Gasteiger partial charge < -0.3 is 19.8 Å². The van der Waals surface area contributed by atoms with Gasteiger partial charge in [-0.2, -0.15) is 13.2 Å². The molecule has 1 amide bonds. The van der Waals surface area contributed by atoms with Gasteiger partial charge in [-0.1, -0.05) is 26.8 Å². The summed E-state index contributed by atoms with van der Waals surface area (Å²) in [5.74, 6) is 0.868. The zero-order chi connectivity index (χ0) is 22.9. The Morgan fingerprint density at radius 2 is 1.75 bits per heavy atom. The van der Waals surface area contributed by atoms with Crippen LogP contribution in [0.4, 0.5) is 18.9 Å². The number of carbonyl (C=O) groups is 1. The number of rotatable bonds is 3. The van der Waals surface area contributed by atoms with Crippen LogP contribution in [0.3, 0.4) is 0 Å². The lowest BCUT2D eigenvalue weighted by Crippen LogP contribution is -2.28. The average Bonchev–Trinajstić information content (AvgIpc) is 3.17. The number of halogens is 3. The van der Waals surface area contributed by atoms with Gasteiger partial charge in [0.1, 0.15) is 0 Å². The van der Waals surface area contributed by atoms with E-state index >= 15 is 0 Å². The predicted octanol–water partition coefficient (Wildman–Crippen LogP) is 5.88. The zero-order valence-corrected chi connectivity index (χ0v) is 17.9. The van der Waals surface area contributed by atoms with Gasteiger partial charge in [-0.25, -0.2) is 0 Å². The standard InChI is InChI=1S/C24H23F3N2O3/c1-22(2,3)19-9-13-8-15(11-16(20(13)29-19)24(25,26)27)28-21(30)23(6-7-23)14-4-5-17-18(10-14)32-12-31-17/h4-5,8-11,29H,6-7,12H2,1-3H3,(H,28,30). The van der Waals surface area contributed by atoms with Crippen molar-refractivity contribution in [1.29, 1.82) is 0 Å². The van der Waals surface area contributed by atoms with Gasteiger partial charge in [-0.3, -0.25) is 4.79 Å². The molecule has 1 saturated carbocycles. The molecule has 2 N–H and O–H groups in total. The van der Waals surface area contributed by atoms with E-state index in [9.17, 15) is 18.0 Å². The van der Waals surface area contributed by atoms with Gasteiger partial charge in [0.15, 0.2) is 11.5 Å². The van der Waals surface area contributed by atoms with Crippen molar-refractivity contribution in [2.75, 3.05) is 12.1 Å². The number of aromatic nitrogens is 1. The highest BCUT2D eigenvalue weighted by Crippen LogP contribution is 2.51. The molecule has 3 aromatic rings. The van der Waals surface area contributed by atoms with Crippen molar-refractivity contribution in [3.05, 3.63) is 53.2 Å². The van der Waals surface area contributed by atoms with Crippen LogP contribution < -0.4 is 14.8 Å². The number of ether oxygens (including phenoxy) is 2. The Labute approximate surface area is 182 Å². The maximum Gasteiger partial charge on any atom is 0.418 e. The number of hydrogen-bond donors (Lipinski definition) is 2. The summed E-state index contributed by atoms with van der Waals surface area (Å²) in [5, 5.41) is 3.15. The van der Waals surface area contributed by atoms with Gasteiger partial charge in [0.2, 0.25) is 12.7 Å². The second-order valence-corrected chi connectivity index (χ2v) is 9.52. The monoisotopic (exact) mass is 444 g/mol. The van der Waals surface area contributed by atoms with E-state index in [1.807, 2.05) is 26.8 Å². The van der Waals surface area contributed by atoms with Crippen molar-refractivity contribution in [2.45, 2.75) is 50.6 Å². The first-order valence-electron chi connectivity index (χ1n) is 10.4. The third-order valence-corrected chi connectivity index (χ3v) is 6.21. The number of amides is 1. The summed E-state index contributed by atoms with van der Waals surface area (Å²) in [6.45, 7) is 5.91. The van der Waals surface area contributed by atoms with Gasteiger partial charge in [0, 0.05) is 22.2 Å². The molecule has 0 radical (unpaired) electrons. The summed E-state index contributed by atoms with van der Waals surface area (Å²) in [6.07, 6.45) is -3.33. The Balaban J connectivity index is 1.50. The molecule has 2 aromatic carbocycles. The summed E-state index contributed by atoms with van der Waals surface area (Å²) >= 11 is 0. The van der Waals surface area contributed by atoms with E-state index in [2.05, 4.69) is 10.3 Å². The molecule has 0 saturated heterocycles. The first-order chi connectivity index (χ1) is 15.0. The number of nitrogens with one attached hydrogen (secondary N) is 2. The molecule has 0 atom stereocenters. The van der Waals surface area contributed by atoms with Crippen molar-refractivity contribution < 1.29 is 27.4 Å². The van der Waals surface area contributed by atoms with Gasteiger partial charge in [-0.05, 0) is 48.7 Å². The van der Waals surface area contributed by atoms with Crippen molar-refractivity contribution in [1.82, 2.24) is 4.98 Å². The first kappa shape index (κ1) is 20.7. The van der Waals surface area contributed by atoms with E-state index in [1.54, 1.807) is 24.3 Å². The molecule has 8 heteroatoms. The smallest absolute Gasteiger partial charge is 0.418 e. The molecule has 1 aliphatic carbocycles. The molecule has 0 bridgehead atoms. The molecule has 2 heterocycles. The second kappa shape index (κ2) is 6.67. The molecule has 5 nitrogen and oxygen atoms in total. The van der Waals surface area contributed by atoms with Crippen molar-refractivity contribution >= 4 is 22.5 Å². The van der Waals surface area contributed by atoms with Crippen LogP contribution in [0.2, 0.25) is 0 Å². The topological polar surface area (TPSA) is 63.4 Å². The van der Waals surface area contributed by atoms with Crippen LogP contribution in [-0.2, 0) is 21.8 Å². The Kier molecular flexibility index (Phi) is 4.32. The average molecular weight is 444 g/mol. The highest BCUT2D eigenvalue weighted by atomic mass is 19.4. The first-order valence-corrected chi connectivity index (χ1v) is 10.4. The largest absolute Gasteiger partial charge is 0.454 e. The highest BCUT2D eigenvalue weighted by Gasteiger charge is 2.52. The minimum Gasteiger partial charge on any atom is -0.454 e. The van der Waals surface area contributed by atoms with Crippen LogP contribution in [0.1, 0.15) is 50.4 Å². The molecule has 168 valence electrons. The van der Waals surface area contributed by atoms with Gasteiger partial charge in [-0.15, -0.1) is 0 Å². The fourth-order valence-electron chi connectivity index (χ4n) is 4.16. The lowest BCUT2D eigenvalue weighted by molar-refractivity contribution is -0.136. The summed E-state index contributed by atoms with van der Waals surface area (Å²) in [7, 11) is 0. The molecular formula is C24H23F3N2O3. The minimum atomic E-state index is -4.56. The molecule has 5 rings (SSSR count). The number of aromatic amines is 1. The number of carbonyl (C=O) groups excluding carboxylic acids is 1. The second-order valence-electron chi connectivity index (χ2n) is 9.52. The summed E-state index contributed by atoms with van der Waals surface area (Å²) in [4.78, 5) is 16.1. The Morgan fingerprint density at radius 1 is 1.03 bits per heavy atom. The number of alkyl halides is 3. The lowest BCUT2D eigenvalue weighted by Gasteiger charge is -2.18. The van der Waals surface area contributed by atoms with Crippen LogP contribution in [0.15, 0.2) is 36.4 Å². The number of fused-ring (bicyclic) bond motifs is 2. The van der Waals surface area contributed by atoms with Crippen molar-refractivity contribution in [3.63, 3.8) is 0 Å². The minimum absolute atomic E-state index is 0.0253. The highest BCUT2D eigenvalue weighted by molar-refractivity contribution is 6.03. The number of benzene rings is 2. The maximum absolute atomic E-state index is 13.8. The van der Waals surface area contributed by atoms with Gasteiger partial charge in [0.25, 0.3) is 0 Å². The van der Waals surface area contributed by atoms with E-state index in [-0.39, 0.29) is 29.3 Å². The third kappa shape index (κ3) is 3.38. The van der Waals surface area contributed by atoms with E-state index < -0.39 is 17.2 Å². The van der Waals surface area contributed by atoms with E-state index in [4.69, 9.17) is 9.47 Å². The molecule has 1 aliphatic heterocycles. The van der Waals surface area contributed by atoms with Crippen LogP contribution in [0, 0.1) is 0 Å². The number of H-pyrrole nitrogens is 1. The zero-order valence-electron chi connectivity index (χ0n) is 17.9. The van der Waals surface area contributed by atoms with E-state index in [1.165, 1.54) is 0 Å². The number of hydrogen-bond acceptors (Lipinski definition) is 3. The van der Waals surface area contributed by atoms with Gasteiger partial charge >= 0.3 is 6.18 Å². The molecule has 1 aromatic heterocycles. The SMILES string of the molecule is CC(C)(C)c1cc2cc(NC(=O)C3(c4ccc5c(c4)OCO5)CC3)cc(C(F)(F)F)c2[nH]1. The summed E-state index contributed by atoms with van der Waals surface area (Å²) in [6, 6.07) is 9.65. The quantitative estimate of drug-likeness (QED) is 0.530. The predicted molar refractivity (Wildman–Crippen MR) is 114 cm³/mol. The van der Waals surface area contributed by atoms with Crippen LogP contribution in [-0.4, -0.2) is 17.7 Å². The Bertz CT molecular complexity index is 1230. The van der Waals surface area contributed by atoms with E-state index in [0.717, 1.165) is 11.6 Å². The molecule has 0 spiro atoms. The van der Waals surface area contributed by atoms with Crippen molar-refractivity contribution in [2.24, 2.45) is 0 Å². The summed E-state index contributed by atoms with van der Waals surface area (Å²) < 4.78 is 52.2. The molecule has 0 unspecified atom stereocenters. The Hall–Kier alpha value is -3.16. The van der Waals surface area contributed by atoms with Crippen LogP contribution in [0.5, 0.6) is 11.5 Å². The van der Waals surface area contributed by atoms with Gasteiger partial charge in [0.05, 0.1) is 16.5 Å². The Morgan fingerprint density at radius 3 is 2.41 bits per heavy atom. The molecule has 1 fully saturated rings. The normalized spacial score (nSPS) is 16.9. The third-order valence-electron chi connectivity index (χ3n) is 6.21. The lowest BCUT2D eigenvalue weighted by atomic mass is 9.92. The fraction of sp³-hybridized carbons (Fsp3) is 0.375. The molecular weight excluding hydrogens is 421 g/mol. The molecule has 2 aliphatic rings. The summed E-state index contributed by atoms with van der Waals surface area (Å²) in [5.41, 5.74) is -0.299. The van der Waals surface area contributed by atoms with E-state index in [0.29, 0.717) is 35.4 Å². The van der Waals surface area contributed by atoms with Crippen LogP contribution in [0.25, 0.3) is 10.9 Å². The number of anilines is 1. The van der Waals surface area contributed by atoms with Crippen LogP contribution >= 0.6 is 0 Å².